The molecule has 2 aromatic carbocycles. The number of carbonyl (C=O) groups is 1. The Morgan fingerprint density at radius 2 is 2.00 bits per heavy atom. The van der Waals surface area contributed by atoms with E-state index in [0.717, 1.165) is 10.9 Å². The molecule has 128 valence electrons. The number of hydrogen-bond acceptors (Lipinski definition) is 7. The van der Waals surface area contributed by atoms with Crippen LogP contribution < -0.4 is 14.8 Å². The molecule has 0 bridgehead atoms. The predicted octanol–water partition coefficient (Wildman–Crippen LogP) is 3.32. The molecule has 1 heterocycles. The number of nitrogens with zero attached hydrogens (tertiary/aromatic N) is 2. The van der Waals surface area contributed by atoms with Crippen molar-refractivity contribution in [2.45, 2.75) is 13.8 Å². The molecule has 25 heavy (non-hydrogen) atoms. The Morgan fingerprint density at radius 1 is 1.20 bits per heavy atom. The van der Waals surface area contributed by atoms with Crippen molar-refractivity contribution in [3.8, 4) is 17.2 Å². The van der Waals surface area contributed by atoms with Crippen molar-refractivity contribution >= 4 is 28.5 Å². The van der Waals surface area contributed by atoms with Gasteiger partial charge in [0, 0.05) is 36.3 Å². The van der Waals surface area contributed by atoms with E-state index in [9.17, 15) is 9.90 Å². The molecule has 0 atom stereocenters. The highest BCUT2D eigenvalue weighted by Crippen LogP contribution is 2.31. The molecular formula is C18H17N3O4. The van der Waals surface area contributed by atoms with E-state index < -0.39 is 0 Å². The highest BCUT2D eigenvalue weighted by molar-refractivity contribution is 5.83. The molecule has 2 N–H and O–H groups in total. The molecule has 3 aromatic rings. The quantitative estimate of drug-likeness (QED) is 0.556. The molecular weight excluding hydrogens is 322 g/mol. The largest absolute Gasteiger partial charge is 0.504 e. The molecule has 0 fully saturated rings. The van der Waals surface area contributed by atoms with Crippen LogP contribution in [0.1, 0.15) is 12.5 Å². The first-order chi connectivity index (χ1) is 12.0. The molecule has 0 amide bonds. The standard InChI is InChI=1S/C18H17N3O4/c1-10-4-5-13(7-16(10)25-11(2)22)20-18-19-9-12-6-17(24-3)15(23)8-14(12)21-18/h4-9,23H,1-3H3,(H,19,20,21). The van der Waals surface area contributed by atoms with Gasteiger partial charge < -0.3 is 19.9 Å². The monoisotopic (exact) mass is 339 g/mol. The van der Waals surface area contributed by atoms with Gasteiger partial charge in [-0.3, -0.25) is 4.79 Å². The number of phenols is 1. The molecule has 0 radical (unpaired) electrons. The number of nitrogens with one attached hydrogen (secondary N) is 1. The summed E-state index contributed by atoms with van der Waals surface area (Å²) in [6.45, 7) is 3.21. The minimum Gasteiger partial charge on any atom is -0.504 e. The van der Waals surface area contributed by atoms with Gasteiger partial charge in [0.15, 0.2) is 11.5 Å². The molecule has 0 aliphatic carbocycles. The zero-order valence-corrected chi connectivity index (χ0v) is 14.0. The highest BCUT2D eigenvalue weighted by Gasteiger charge is 2.09. The fourth-order valence-electron chi connectivity index (χ4n) is 2.34. The number of benzene rings is 2. The summed E-state index contributed by atoms with van der Waals surface area (Å²) in [6.07, 6.45) is 1.63. The first-order valence-electron chi connectivity index (χ1n) is 7.56. The molecule has 0 spiro atoms. The lowest BCUT2D eigenvalue weighted by atomic mass is 10.2. The van der Waals surface area contributed by atoms with Gasteiger partial charge in [0.25, 0.3) is 0 Å². The van der Waals surface area contributed by atoms with Gasteiger partial charge in [0.1, 0.15) is 5.75 Å². The van der Waals surface area contributed by atoms with Crippen molar-refractivity contribution < 1.29 is 19.4 Å². The Labute approximate surface area is 144 Å². The van der Waals surface area contributed by atoms with Crippen LogP contribution in [0.5, 0.6) is 17.2 Å². The molecule has 0 aliphatic rings. The second kappa shape index (κ2) is 6.64. The van der Waals surface area contributed by atoms with E-state index in [1.807, 2.05) is 19.1 Å². The van der Waals surface area contributed by atoms with Crippen molar-refractivity contribution in [2.75, 3.05) is 12.4 Å². The van der Waals surface area contributed by atoms with Gasteiger partial charge in [-0.1, -0.05) is 6.07 Å². The van der Waals surface area contributed by atoms with Gasteiger partial charge in [-0.2, -0.15) is 0 Å². The SMILES string of the molecule is COc1cc2cnc(Nc3ccc(C)c(OC(C)=O)c3)nc2cc1O. The minimum atomic E-state index is -0.383. The Bertz CT molecular complexity index is 956. The molecule has 0 saturated heterocycles. The fraction of sp³-hybridized carbons (Fsp3) is 0.167. The van der Waals surface area contributed by atoms with Crippen LogP contribution in [0.2, 0.25) is 0 Å². The number of esters is 1. The lowest BCUT2D eigenvalue weighted by Gasteiger charge is -2.10. The van der Waals surface area contributed by atoms with Crippen LogP contribution >= 0.6 is 0 Å². The third-order valence-corrected chi connectivity index (χ3v) is 3.58. The van der Waals surface area contributed by atoms with Crippen LogP contribution in [0.15, 0.2) is 36.5 Å². The maximum absolute atomic E-state index is 11.2. The number of phenolic OH excluding ortho intramolecular Hbond substituents is 1. The van der Waals surface area contributed by atoms with E-state index >= 15 is 0 Å². The van der Waals surface area contributed by atoms with Gasteiger partial charge >= 0.3 is 5.97 Å². The smallest absolute Gasteiger partial charge is 0.308 e. The van der Waals surface area contributed by atoms with Crippen LogP contribution in [0, 0.1) is 6.92 Å². The number of aryl methyl sites for hydroxylation is 1. The van der Waals surface area contributed by atoms with Crippen molar-refractivity contribution in [1.82, 2.24) is 9.97 Å². The van der Waals surface area contributed by atoms with Crippen molar-refractivity contribution in [1.29, 1.82) is 0 Å². The molecule has 0 saturated carbocycles. The topological polar surface area (TPSA) is 93.6 Å². The molecule has 7 heteroatoms. The number of aromatic nitrogens is 2. The number of aromatic hydroxyl groups is 1. The zero-order valence-electron chi connectivity index (χ0n) is 14.0. The molecule has 7 nitrogen and oxygen atoms in total. The maximum Gasteiger partial charge on any atom is 0.308 e. The van der Waals surface area contributed by atoms with Crippen LogP contribution in [-0.2, 0) is 4.79 Å². The van der Waals surface area contributed by atoms with E-state index in [4.69, 9.17) is 9.47 Å². The number of anilines is 2. The summed E-state index contributed by atoms with van der Waals surface area (Å²) in [5.41, 5.74) is 2.10. The highest BCUT2D eigenvalue weighted by atomic mass is 16.5. The number of methoxy groups -OCH3 is 1. The van der Waals surface area contributed by atoms with E-state index in [1.54, 1.807) is 18.3 Å². The second-order valence-corrected chi connectivity index (χ2v) is 5.48. The third-order valence-electron chi connectivity index (χ3n) is 3.58. The Kier molecular flexibility index (Phi) is 4.38. The van der Waals surface area contributed by atoms with Crippen LogP contribution in [0.3, 0.4) is 0 Å². The fourth-order valence-corrected chi connectivity index (χ4v) is 2.34. The Morgan fingerprint density at radius 3 is 2.72 bits per heavy atom. The lowest BCUT2D eigenvalue weighted by Crippen LogP contribution is -2.04. The van der Waals surface area contributed by atoms with E-state index in [1.165, 1.54) is 20.1 Å². The van der Waals surface area contributed by atoms with Gasteiger partial charge in [0.05, 0.1) is 12.6 Å². The van der Waals surface area contributed by atoms with Crippen molar-refractivity contribution in [3.63, 3.8) is 0 Å². The van der Waals surface area contributed by atoms with Crippen molar-refractivity contribution in [2.24, 2.45) is 0 Å². The molecule has 1 aromatic heterocycles. The van der Waals surface area contributed by atoms with E-state index in [0.29, 0.717) is 28.7 Å². The zero-order chi connectivity index (χ0) is 18.0. The average molecular weight is 339 g/mol. The summed E-state index contributed by atoms with van der Waals surface area (Å²) >= 11 is 0. The van der Waals surface area contributed by atoms with Crippen LogP contribution in [0.4, 0.5) is 11.6 Å². The molecule has 0 unspecified atom stereocenters. The number of hydrogen-bond donors (Lipinski definition) is 2. The summed E-state index contributed by atoms with van der Waals surface area (Å²) in [7, 11) is 1.48. The van der Waals surface area contributed by atoms with Crippen molar-refractivity contribution in [3.05, 3.63) is 42.1 Å². The van der Waals surface area contributed by atoms with E-state index in [2.05, 4.69) is 15.3 Å². The summed E-state index contributed by atoms with van der Waals surface area (Å²) in [4.78, 5) is 19.8. The first kappa shape index (κ1) is 16.5. The lowest BCUT2D eigenvalue weighted by molar-refractivity contribution is -0.131. The summed E-state index contributed by atoms with van der Waals surface area (Å²) in [5.74, 6) is 0.815. The van der Waals surface area contributed by atoms with Gasteiger partial charge in [-0.15, -0.1) is 0 Å². The molecule has 3 rings (SSSR count). The number of rotatable bonds is 4. The average Bonchev–Trinajstić information content (AvgIpc) is 2.57. The minimum absolute atomic E-state index is 0.00660. The van der Waals surface area contributed by atoms with Gasteiger partial charge in [-0.25, -0.2) is 9.97 Å². The van der Waals surface area contributed by atoms with Gasteiger partial charge in [0.2, 0.25) is 5.95 Å². The number of fused-ring (bicyclic) bond motifs is 1. The predicted molar refractivity (Wildman–Crippen MR) is 93.5 cm³/mol. The third kappa shape index (κ3) is 3.60. The Hall–Kier alpha value is -3.35. The van der Waals surface area contributed by atoms with Crippen LogP contribution in [-0.4, -0.2) is 28.2 Å². The van der Waals surface area contributed by atoms with Crippen LogP contribution in [0.25, 0.3) is 10.9 Å². The first-order valence-corrected chi connectivity index (χ1v) is 7.56. The molecule has 0 aliphatic heterocycles. The normalized spacial score (nSPS) is 10.5. The number of ether oxygens (including phenoxy) is 2. The second-order valence-electron chi connectivity index (χ2n) is 5.48. The summed E-state index contributed by atoms with van der Waals surface area (Å²) < 4.78 is 10.2. The Balaban J connectivity index is 1.91. The van der Waals surface area contributed by atoms with Gasteiger partial charge in [-0.05, 0) is 24.6 Å². The summed E-state index contributed by atoms with van der Waals surface area (Å²) in [6, 6.07) is 8.55. The maximum atomic E-state index is 11.2. The number of carbonyl (C=O) groups excluding carboxylic acids is 1. The summed E-state index contributed by atoms with van der Waals surface area (Å²) in [5, 5.41) is 13.7. The van der Waals surface area contributed by atoms with E-state index in [-0.39, 0.29) is 11.7 Å².